The average molecular weight is 291 g/mol. The third-order valence-electron chi connectivity index (χ3n) is 3.47. The van der Waals surface area contributed by atoms with Crippen LogP contribution in [0, 0.1) is 0 Å². The van der Waals surface area contributed by atoms with Crippen molar-refractivity contribution in [1.29, 1.82) is 0 Å². The highest BCUT2D eigenvalue weighted by Crippen LogP contribution is 2.18. The van der Waals surface area contributed by atoms with Crippen LogP contribution in [0.15, 0.2) is 23.3 Å². The van der Waals surface area contributed by atoms with E-state index >= 15 is 0 Å². The summed E-state index contributed by atoms with van der Waals surface area (Å²) < 4.78 is 5.75. The summed E-state index contributed by atoms with van der Waals surface area (Å²) >= 11 is 0. The van der Waals surface area contributed by atoms with Crippen molar-refractivity contribution in [2.75, 3.05) is 32.1 Å². The zero-order valence-corrected chi connectivity index (χ0v) is 13.3. The van der Waals surface area contributed by atoms with Gasteiger partial charge in [0.05, 0.1) is 12.2 Å². The summed E-state index contributed by atoms with van der Waals surface area (Å²) in [7, 11) is 3.60. The van der Waals surface area contributed by atoms with Crippen molar-refractivity contribution >= 4 is 11.8 Å². The number of anilines is 1. The van der Waals surface area contributed by atoms with Crippen molar-refractivity contribution in [3.8, 4) is 0 Å². The summed E-state index contributed by atoms with van der Waals surface area (Å²) in [5.74, 6) is 1.79. The van der Waals surface area contributed by atoms with Crippen molar-refractivity contribution in [3.05, 3.63) is 23.9 Å². The van der Waals surface area contributed by atoms with Crippen molar-refractivity contribution in [2.24, 2.45) is 4.99 Å². The van der Waals surface area contributed by atoms with Crippen LogP contribution in [0.4, 0.5) is 5.82 Å². The first-order valence-electron chi connectivity index (χ1n) is 7.36. The van der Waals surface area contributed by atoms with E-state index in [1.807, 2.05) is 13.2 Å². The van der Waals surface area contributed by atoms with E-state index < -0.39 is 0 Å². The van der Waals surface area contributed by atoms with Crippen LogP contribution in [0.2, 0.25) is 0 Å². The van der Waals surface area contributed by atoms with Gasteiger partial charge in [-0.05, 0) is 25.5 Å². The normalized spacial score (nSPS) is 23.0. The first-order chi connectivity index (χ1) is 10.1. The predicted molar refractivity (Wildman–Crippen MR) is 85.7 cm³/mol. The molecule has 1 fully saturated rings. The molecule has 2 atom stereocenters. The molecule has 0 bridgehead atoms. The average Bonchev–Trinajstić information content (AvgIpc) is 2.48. The quantitative estimate of drug-likeness (QED) is 0.642. The van der Waals surface area contributed by atoms with Crippen LogP contribution in [-0.2, 0) is 11.3 Å². The first-order valence-corrected chi connectivity index (χ1v) is 7.36. The van der Waals surface area contributed by atoms with E-state index in [0.717, 1.165) is 30.4 Å². The number of hydrogen-bond donors (Lipinski definition) is 2. The van der Waals surface area contributed by atoms with Gasteiger partial charge >= 0.3 is 0 Å². The summed E-state index contributed by atoms with van der Waals surface area (Å²) in [6.45, 7) is 6.69. The van der Waals surface area contributed by atoms with Gasteiger partial charge in [0, 0.05) is 39.9 Å². The molecule has 2 unspecified atom stereocenters. The molecule has 1 aromatic rings. The Kier molecular flexibility index (Phi) is 5.38. The Balaban J connectivity index is 1.95. The molecule has 6 nitrogen and oxygen atoms in total. The van der Waals surface area contributed by atoms with E-state index in [0.29, 0.717) is 6.54 Å². The molecule has 1 aromatic heterocycles. The van der Waals surface area contributed by atoms with Gasteiger partial charge in [0.1, 0.15) is 5.82 Å². The highest BCUT2D eigenvalue weighted by Gasteiger charge is 2.22. The van der Waals surface area contributed by atoms with Gasteiger partial charge in [-0.15, -0.1) is 0 Å². The van der Waals surface area contributed by atoms with E-state index in [2.05, 4.69) is 51.5 Å². The lowest BCUT2D eigenvalue weighted by molar-refractivity contribution is -0.00545. The number of rotatable bonds is 3. The van der Waals surface area contributed by atoms with Gasteiger partial charge in [-0.1, -0.05) is 6.07 Å². The van der Waals surface area contributed by atoms with Gasteiger partial charge in [-0.3, -0.25) is 4.99 Å². The summed E-state index contributed by atoms with van der Waals surface area (Å²) in [5, 5.41) is 6.20. The Morgan fingerprint density at radius 1 is 1.38 bits per heavy atom. The summed E-state index contributed by atoms with van der Waals surface area (Å²) in [6, 6.07) is 4.17. The lowest BCUT2D eigenvalue weighted by Gasteiger charge is -2.36. The van der Waals surface area contributed by atoms with Crippen LogP contribution in [0.3, 0.4) is 0 Å². The number of hydrogen-bond acceptors (Lipinski definition) is 4. The van der Waals surface area contributed by atoms with Crippen molar-refractivity contribution in [1.82, 2.24) is 15.6 Å². The number of morpholine rings is 1. The molecule has 21 heavy (non-hydrogen) atoms. The van der Waals surface area contributed by atoms with Crippen molar-refractivity contribution in [2.45, 2.75) is 32.6 Å². The third-order valence-corrected chi connectivity index (χ3v) is 3.47. The minimum Gasteiger partial charge on any atom is -0.372 e. The lowest BCUT2D eigenvalue weighted by atomic mass is 10.2. The predicted octanol–water partition coefficient (Wildman–Crippen LogP) is 0.990. The van der Waals surface area contributed by atoms with Gasteiger partial charge in [0.15, 0.2) is 5.96 Å². The number of nitrogens with zero attached hydrogens (tertiary/aromatic N) is 3. The van der Waals surface area contributed by atoms with Crippen LogP contribution < -0.4 is 15.5 Å². The molecule has 0 aliphatic carbocycles. The molecule has 2 rings (SSSR count). The molecular formula is C15H25N5O. The molecule has 0 saturated carbocycles. The fourth-order valence-corrected chi connectivity index (χ4v) is 2.54. The highest BCUT2D eigenvalue weighted by molar-refractivity contribution is 5.79. The van der Waals surface area contributed by atoms with E-state index in [-0.39, 0.29) is 12.2 Å². The van der Waals surface area contributed by atoms with Crippen LogP contribution in [0.5, 0.6) is 0 Å². The van der Waals surface area contributed by atoms with Crippen LogP contribution >= 0.6 is 0 Å². The maximum Gasteiger partial charge on any atom is 0.190 e. The number of ether oxygens (including phenoxy) is 1. The zero-order valence-electron chi connectivity index (χ0n) is 13.3. The van der Waals surface area contributed by atoms with E-state index in [9.17, 15) is 0 Å². The number of aromatic nitrogens is 1. The number of pyridine rings is 1. The monoisotopic (exact) mass is 291 g/mol. The van der Waals surface area contributed by atoms with E-state index in [4.69, 9.17) is 4.74 Å². The Hall–Kier alpha value is -1.82. The van der Waals surface area contributed by atoms with Crippen molar-refractivity contribution < 1.29 is 4.74 Å². The SMILES string of the molecule is CN=C(NC)NCc1ccc(N2CC(C)OC(C)C2)nc1. The topological polar surface area (TPSA) is 61.8 Å². The molecule has 2 heterocycles. The molecule has 1 saturated heterocycles. The van der Waals surface area contributed by atoms with Crippen LogP contribution in [0.25, 0.3) is 0 Å². The van der Waals surface area contributed by atoms with Gasteiger partial charge in [0.2, 0.25) is 0 Å². The fraction of sp³-hybridized carbons (Fsp3) is 0.600. The molecule has 0 aromatic carbocycles. The van der Waals surface area contributed by atoms with Gasteiger partial charge in [-0.2, -0.15) is 0 Å². The fourth-order valence-electron chi connectivity index (χ4n) is 2.54. The Morgan fingerprint density at radius 2 is 2.10 bits per heavy atom. The maximum absolute atomic E-state index is 5.75. The van der Waals surface area contributed by atoms with Crippen molar-refractivity contribution in [3.63, 3.8) is 0 Å². The van der Waals surface area contributed by atoms with Gasteiger partial charge in [0.25, 0.3) is 0 Å². The Labute approximate surface area is 126 Å². The Bertz CT molecular complexity index is 463. The molecule has 6 heteroatoms. The highest BCUT2D eigenvalue weighted by atomic mass is 16.5. The second-order valence-electron chi connectivity index (χ2n) is 5.36. The van der Waals surface area contributed by atoms with Crippen LogP contribution in [-0.4, -0.2) is 50.3 Å². The summed E-state index contributed by atoms with van der Waals surface area (Å²) in [6.07, 6.45) is 2.41. The van der Waals surface area contributed by atoms with Gasteiger partial charge in [-0.25, -0.2) is 4.98 Å². The largest absolute Gasteiger partial charge is 0.372 e. The minimum absolute atomic E-state index is 0.246. The molecule has 116 valence electrons. The number of nitrogens with one attached hydrogen (secondary N) is 2. The smallest absolute Gasteiger partial charge is 0.190 e. The molecule has 1 aliphatic heterocycles. The van der Waals surface area contributed by atoms with Gasteiger partial charge < -0.3 is 20.3 Å². The Morgan fingerprint density at radius 3 is 2.62 bits per heavy atom. The molecule has 2 N–H and O–H groups in total. The maximum atomic E-state index is 5.75. The summed E-state index contributed by atoms with van der Waals surface area (Å²) in [5.41, 5.74) is 1.13. The molecule has 0 radical (unpaired) electrons. The number of guanidine groups is 1. The van der Waals surface area contributed by atoms with E-state index in [1.165, 1.54) is 0 Å². The van der Waals surface area contributed by atoms with E-state index in [1.54, 1.807) is 7.05 Å². The molecule has 1 aliphatic rings. The lowest BCUT2D eigenvalue weighted by Crippen LogP contribution is -2.45. The van der Waals surface area contributed by atoms with Crippen LogP contribution in [0.1, 0.15) is 19.4 Å². The first kappa shape index (κ1) is 15.6. The number of aliphatic imine (C=N–C) groups is 1. The molecule has 0 spiro atoms. The molecule has 0 amide bonds. The third kappa shape index (κ3) is 4.32. The second kappa shape index (κ2) is 7.26. The second-order valence-corrected chi connectivity index (χ2v) is 5.36. The molecular weight excluding hydrogens is 266 g/mol. The minimum atomic E-state index is 0.246. The zero-order chi connectivity index (χ0) is 15.2. The summed E-state index contributed by atoms with van der Waals surface area (Å²) in [4.78, 5) is 10.9. The standard InChI is InChI=1S/C15H25N5O/c1-11-9-20(10-12(2)21-11)14-6-5-13(7-18-14)8-19-15(16-3)17-4/h5-7,11-12H,8-10H2,1-4H3,(H2,16,17,19).